The Hall–Kier alpha value is -0.0800. The molecule has 1 saturated heterocycles. The number of nitrogens with zero attached hydrogens (tertiary/aromatic N) is 2. The van der Waals surface area contributed by atoms with Crippen molar-refractivity contribution in [1.29, 1.82) is 0 Å². The second kappa shape index (κ2) is 4.69. The third-order valence-corrected chi connectivity index (χ3v) is 1.25. The fraction of sp³-hybridized carbons (Fsp3) is 1.00. The SMILES string of the molecule is CC1CN(C)C1.CN(C)C. The van der Waals surface area contributed by atoms with Crippen molar-refractivity contribution in [2.24, 2.45) is 5.92 Å². The normalized spacial score (nSPS) is 19.8. The van der Waals surface area contributed by atoms with Gasteiger partial charge < -0.3 is 9.80 Å². The van der Waals surface area contributed by atoms with Crippen molar-refractivity contribution in [1.82, 2.24) is 9.80 Å². The number of hydrogen-bond acceptors (Lipinski definition) is 2. The van der Waals surface area contributed by atoms with Crippen molar-refractivity contribution >= 4 is 0 Å². The van der Waals surface area contributed by atoms with Gasteiger partial charge in [0.15, 0.2) is 0 Å². The molecule has 0 unspecified atom stereocenters. The summed E-state index contributed by atoms with van der Waals surface area (Å²) < 4.78 is 0. The third-order valence-electron chi connectivity index (χ3n) is 1.25. The first kappa shape index (κ1) is 9.92. The Bertz CT molecular complexity index is 66.6. The maximum atomic E-state index is 2.32. The second-order valence-electron chi connectivity index (χ2n) is 3.67. The molecule has 0 aromatic heterocycles. The minimum Gasteiger partial charge on any atom is -0.312 e. The highest BCUT2D eigenvalue weighted by Gasteiger charge is 2.16. The molecule has 0 spiro atoms. The van der Waals surface area contributed by atoms with Crippen LogP contribution in [0, 0.1) is 5.92 Å². The molecule has 2 nitrogen and oxygen atoms in total. The van der Waals surface area contributed by atoms with Gasteiger partial charge in [0, 0.05) is 13.1 Å². The molecule has 1 aliphatic heterocycles. The first-order valence-electron chi connectivity index (χ1n) is 3.82. The molecule has 0 radical (unpaired) electrons. The average Bonchev–Trinajstić information content (AvgIpc) is 1.60. The van der Waals surface area contributed by atoms with Crippen LogP contribution in [0.3, 0.4) is 0 Å². The Labute approximate surface area is 64.8 Å². The molecule has 0 aromatic rings. The zero-order chi connectivity index (χ0) is 8.15. The summed E-state index contributed by atoms with van der Waals surface area (Å²) in [5.74, 6) is 0.968. The van der Waals surface area contributed by atoms with Crippen molar-refractivity contribution in [3.05, 3.63) is 0 Å². The van der Waals surface area contributed by atoms with Crippen LogP contribution in [-0.4, -0.2) is 51.1 Å². The summed E-state index contributed by atoms with van der Waals surface area (Å²) in [6.45, 7) is 4.89. The van der Waals surface area contributed by atoms with E-state index < -0.39 is 0 Å². The van der Waals surface area contributed by atoms with Gasteiger partial charge in [-0.25, -0.2) is 0 Å². The highest BCUT2D eigenvalue weighted by atomic mass is 15.2. The highest BCUT2D eigenvalue weighted by molar-refractivity contribution is 4.71. The molecule has 10 heavy (non-hydrogen) atoms. The molecular formula is C8H20N2. The van der Waals surface area contributed by atoms with E-state index in [1.54, 1.807) is 0 Å². The van der Waals surface area contributed by atoms with Gasteiger partial charge in [-0.3, -0.25) is 0 Å². The van der Waals surface area contributed by atoms with Crippen molar-refractivity contribution in [3.8, 4) is 0 Å². The summed E-state index contributed by atoms with van der Waals surface area (Å²) in [6, 6.07) is 0. The van der Waals surface area contributed by atoms with E-state index in [2.05, 4.69) is 18.9 Å². The van der Waals surface area contributed by atoms with Gasteiger partial charge >= 0.3 is 0 Å². The van der Waals surface area contributed by atoms with E-state index in [4.69, 9.17) is 0 Å². The van der Waals surface area contributed by atoms with Crippen LogP contribution in [0.15, 0.2) is 0 Å². The Balaban J connectivity index is 0.000000180. The van der Waals surface area contributed by atoms with Gasteiger partial charge in [-0.1, -0.05) is 6.92 Å². The molecule has 0 N–H and O–H groups in total. The van der Waals surface area contributed by atoms with E-state index >= 15 is 0 Å². The number of hydrogen-bond donors (Lipinski definition) is 0. The lowest BCUT2D eigenvalue weighted by Gasteiger charge is -2.33. The summed E-state index contributed by atoms with van der Waals surface area (Å²) in [7, 11) is 8.15. The minimum atomic E-state index is 0.968. The smallest absolute Gasteiger partial charge is 0.00163 e. The van der Waals surface area contributed by atoms with Gasteiger partial charge in [-0.05, 0) is 34.1 Å². The van der Waals surface area contributed by atoms with Crippen LogP contribution < -0.4 is 0 Å². The lowest BCUT2D eigenvalue weighted by molar-refractivity contribution is 0.149. The van der Waals surface area contributed by atoms with Crippen LogP contribution in [-0.2, 0) is 0 Å². The maximum Gasteiger partial charge on any atom is 0.00163 e. The molecule has 2 heteroatoms. The lowest BCUT2D eigenvalue weighted by atomic mass is 10.1. The zero-order valence-corrected chi connectivity index (χ0v) is 7.89. The predicted octanol–water partition coefficient (Wildman–Crippen LogP) is 0.746. The van der Waals surface area contributed by atoms with E-state index in [1.165, 1.54) is 13.1 Å². The van der Waals surface area contributed by atoms with Gasteiger partial charge in [0.1, 0.15) is 0 Å². The Kier molecular flexibility index (Phi) is 4.65. The molecule has 0 amide bonds. The number of likely N-dealkylation sites (tertiary alicyclic amines) is 1. The molecule has 0 saturated carbocycles. The fourth-order valence-electron chi connectivity index (χ4n) is 1.01. The standard InChI is InChI=1S/C5H11N.C3H9N/c1-5-3-6(2)4-5;1-4(2)3/h5H,3-4H2,1-2H3;1-3H3. The maximum absolute atomic E-state index is 2.32. The Morgan fingerprint density at radius 2 is 1.50 bits per heavy atom. The molecule has 0 bridgehead atoms. The van der Waals surface area contributed by atoms with Crippen LogP contribution in [0.1, 0.15) is 6.92 Å². The zero-order valence-electron chi connectivity index (χ0n) is 7.89. The van der Waals surface area contributed by atoms with Crippen LogP contribution >= 0.6 is 0 Å². The molecule has 1 aliphatic rings. The molecule has 1 rings (SSSR count). The quantitative estimate of drug-likeness (QED) is 0.495. The van der Waals surface area contributed by atoms with Crippen LogP contribution in [0.5, 0.6) is 0 Å². The summed E-state index contributed by atoms with van der Waals surface area (Å²) in [4.78, 5) is 4.32. The fourth-order valence-corrected chi connectivity index (χ4v) is 1.01. The topological polar surface area (TPSA) is 6.48 Å². The highest BCUT2D eigenvalue weighted by Crippen LogP contribution is 2.09. The van der Waals surface area contributed by atoms with Crippen LogP contribution in [0.4, 0.5) is 0 Å². The Morgan fingerprint density at radius 1 is 1.20 bits per heavy atom. The average molecular weight is 144 g/mol. The molecule has 1 fully saturated rings. The van der Waals surface area contributed by atoms with E-state index in [0.717, 1.165) is 5.92 Å². The molecule has 0 aliphatic carbocycles. The molecule has 62 valence electrons. The minimum absolute atomic E-state index is 0.968. The molecule has 0 atom stereocenters. The van der Waals surface area contributed by atoms with Crippen molar-refractivity contribution in [3.63, 3.8) is 0 Å². The van der Waals surface area contributed by atoms with Gasteiger partial charge in [0.2, 0.25) is 0 Å². The molecule has 0 aromatic carbocycles. The van der Waals surface area contributed by atoms with E-state index in [-0.39, 0.29) is 0 Å². The molecule has 1 heterocycles. The van der Waals surface area contributed by atoms with Gasteiger partial charge in [-0.2, -0.15) is 0 Å². The first-order chi connectivity index (χ1) is 4.52. The Morgan fingerprint density at radius 3 is 1.50 bits per heavy atom. The first-order valence-corrected chi connectivity index (χ1v) is 3.82. The van der Waals surface area contributed by atoms with Gasteiger partial charge in [0.25, 0.3) is 0 Å². The summed E-state index contributed by atoms with van der Waals surface area (Å²) in [5.41, 5.74) is 0. The molecular weight excluding hydrogens is 124 g/mol. The van der Waals surface area contributed by atoms with E-state index in [9.17, 15) is 0 Å². The monoisotopic (exact) mass is 144 g/mol. The second-order valence-corrected chi connectivity index (χ2v) is 3.67. The largest absolute Gasteiger partial charge is 0.312 e. The summed E-state index contributed by atoms with van der Waals surface area (Å²) >= 11 is 0. The lowest BCUT2D eigenvalue weighted by Crippen LogP contribution is -2.41. The third kappa shape index (κ3) is 6.05. The van der Waals surface area contributed by atoms with Crippen molar-refractivity contribution in [2.75, 3.05) is 41.3 Å². The predicted molar refractivity (Wildman–Crippen MR) is 46.3 cm³/mol. The van der Waals surface area contributed by atoms with Gasteiger partial charge in [-0.15, -0.1) is 0 Å². The van der Waals surface area contributed by atoms with Gasteiger partial charge in [0.05, 0.1) is 0 Å². The van der Waals surface area contributed by atoms with E-state index in [1.807, 2.05) is 26.0 Å². The summed E-state index contributed by atoms with van der Waals surface area (Å²) in [6.07, 6.45) is 0. The summed E-state index contributed by atoms with van der Waals surface area (Å²) in [5, 5.41) is 0. The van der Waals surface area contributed by atoms with E-state index in [0.29, 0.717) is 0 Å². The number of rotatable bonds is 0. The van der Waals surface area contributed by atoms with Crippen molar-refractivity contribution < 1.29 is 0 Å². The van der Waals surface area contributed by atoms with Crippen LogP contribution in [0.25, 0.3) is 0 Å². The van der Waals surface area contributed by atoms with Crippen LogP contribution in [0.2, 0.25) is 0 Å². The van der Waals surface area contributed by atoms with Crippen molar-refractivity contribution in [2.45, 2.75) is 6.92 Å².